The third-order valence-corrected chi connectivity index (χ3v) is 4.14. The molecule has 0 saturated carbocycles. The largest absolute Gasteiger partial charge is 0.382 e. The maximum absolute atomic E-state index is 11.1. The van der Waals surface area contributed by atoms with E-state index in [1.165, 1.54) is 25.7 Å². The first kappa shape index (κ1) is 14.8. The van der Waals surface area contributed by atoms with Crippen LogP contribution in [0.3, 0.4) is 0 Å². The van der Waals surface area contributed by atoms with E-state index in [0.29, 0.717) is 11.7 Å². The van der Waals surface area contributed by atoms with Crippen molar-refractivity contribution in [2.75, 3.05) is 18.9 Å². The predicted octanol–water partition coefficient (Wildman–Crippen LogP) is 3.40. The van der Waals surface area contributed by atoms with E-state index in [1.807, 2.05) is 6.07 Å². The zero-order chi connectivity index (χ0) is 14.5. The van der Waals surface area contributed by atoms with Gasteiger partial charge in [0.2, 0.25) is 0 Å². The Bertz CT molecular complexity index is 476. The standard InChI is InChI=1S/C15H23N3O2/c1-12-7-4-3-5-10-17(12)11-13-8-6-9-14(18(19)20)15(13)16-2/h6,8-9,12,16H,3-5,7,10-11H2,1-2H3. The number of para-hydroxylation sites is 1. The van der Waals surface area contributed by atoms with Crippen LogP contribution in [0.25, 0.3) is 0 Å². The van der Waals surface area contributed by atoms with Crippen LogP contribution in [-0.4, -0.2) is 29.5 Å². The fraction of sp³-hybridized carbons (Fsp3) is 0.600. The highest BCUT2D eigenvalue weighted by molar-refractivity contribution is 5.66. The van der Waals surface area contributed by atoms with Gasteiger partial charge in [0, 0.05) is 25.7 Å². The van der Waals surface area contributed by atoms with Crippen LogP contribution in [-0.2, 0) is 6.54 Å². The van der Waals surface area contributed by atoms with Gasteiger partial charge in [-0.15, -0.1) is 0 Å². The average Bonchev–Trinajstić information content (AvgIpc) is 2.64. The molecule has 1 aromatic carbocycles. The fourth-order valence-corrected chi connectivity index (χ4v) is 2.95. The van der Waals surface area contributed by atoms with Crippen LogP contribution in [0.1, 0.15) is 38.2 Å². The highest BCUT2D eigenvalue weighted by Gasteiger charge is 2.21. The van der Waals surface area contributed by atoms with E-state index >= 15 is 0 Å². The molecule has 0 radical (unpaired) electrons. The van der Waals surface area contributed by atoms with Crippen LogP contribution in [0, 0.1) is 10.1 Å². The Balaban J connectivity index is 2.23. The number of nitrogens with one attached hydrogen (secondary N) is 1. The van der Waals surface area contributed by atoms with Crippen molar-refractivity contribution in [2.45, 2.75) is 45.2 Å². The predicted molar refractivity (Wildman–Crippen MR) is 81.0 cm³/mol. The summed E-state index contributed by atoms with van der Waals surface area (Å²) in [6.45, 7) is 4.10. The minimum Gasteiger partial charge on any atom is -0.382 e. The number of nitrogens with zero attached hydrogens (tertiary/aromatic N) is 2. The quantitative estimate of drug-likeness (QED) is 0.677. The van der Waals surface area contributed by atoms with E-state index in [1.54, 1.807) is 19.2 Å². The maximum atomic E-state index is 11.1. The molecule has 2 rings (SSSR count). The maximum Gasteiger partial charge on any atom is 0.292 e. The van der Waals surface area contributed by atoms with Gasteiger partial charge in [-0.05, 0) is 31.9 Å². The van der Waals surface area contributed by atoms with Gasteiger partial charge in [-0.3, -0.25) is 15.0 Å². The number of nitro groups is 1. The van der Waals surface area contributed by atoms with E-state index in [9.17, 15) is 10.1 Å². The number of benzene rings is 1. The Morgan fingerprint density at radius 2 is 2.20 bits per heavy atom. The highest BCUT2D eigenvalue weighted by Crippen LogP contribution is 2.30. The number of likely N-dealkylation sites (tertiary alicyclic amines) is 1. The second-order valence-electron chi connectivity index (χ2n) is 5.49. The van der Waals surface area contributed by atoms with Gasteiger partial charge in [-0.2, -0.15) is 0 Å². The fourth-order valence-electron chi connectivity index (χ4n) is 2.95. The first-order valence-electron chi connectivity index (χ1n) is 7.31. The van der Waals surface area contributed by atoms with Gasteiger partial charge < -0.3 is 5.32 Å². The molecule has 0 bridgehead atoms. The smallest absolute Gasteiger partial charge is 0.292 e. The summed E-state index contributed by atoms with van der Waals surface area (Å²) in [7, 11) is 1.75. The Hall–Kier alpha value is -1.62. The molecule has 110 valence electrons. The summed E-state index contributed by atoms with van der Waals surface area (Å²) in [5.41, 5.74) is 1.82. The van der Waals surface area contributed by atoms with Crippen LogP contribution in [0.5, 0.6) is 0 Å². The van der Waals surface area contributed by atoms with Gasteiger partial charge in [0.25, 0.3) is 5.69 Å². The summed E-state index contributed by atoms with van der Waals surface area (Å²) in [5, 5.41) is 14.1. The third kappa shape index (κ3) is 3.28. The third-order valence-electron chi connectivity index (χ3n) is 4.14. The number of nitro benzene ring substituents is 1. The van der Waals surface area contributed by atoms with Gasteiger partial charge in [0.05, 0.1) is 4.92 Å². The van der Waals surface area contributed by atoms with Crippen molar-refractivity contribution in [1.29, 1.82) is 0 Å². The summed E-state index contributed by atoms with van der Waals surface area (Å²) in [6, 6.07) is 5.86. The molecular weight excluding hydrogens is 254 g/mol. The lowest BCUT2D eigenvalue weighted by Crippen LogP contribution is -2.32. The van der Waals surface area contributed by atoms with Crippen molar-refractivity contribution < 1.29 is 4.92 Å². The molecule has 1 aliphatic rings. The summed E-state index contributed by atoms with van der Waals surface area (Å²) in [5.74, 6) is 0. The lowest BCUT2D eigenvalue weighted by molar-refractivity contribution is -0.384. The Kier molecular flexibility index (Phi) is 4.95. The summed E-state index contributed by atoms with van der Waals surface area (Å²) >= 11 is 0. The van der Waals surface area contributed by atoms with Crippen molar-refractivity contribution >= 4 is 11.4 Å². The first-order chi connectivity index (χ1) is 9.63. The Labute approximate surface area is 120 Å². The van der Waals surface area contributed by atoms with Crippen LogP contribution in [0.4, 0.5) is 11.4 Å². The average molecular weight is 277 g/mol. The van der Waals surface area contributed by atoms with Crippen molar-refractivity contribution in [2.24, 2.45) is 0 Å². The molecule has 20 heavy (non-hydrogen) atoms. The van der Waals surface area contributed by atoms with Crippen molar-refractivity contribution in [1.82, 2.24) is 4.90 Å². The van der Waals surface area contributed by atoms with Crippen molar-refractivity contribution in [3.05, 3.63) is 33.9 Å². The van der Waals surface area contributed by atoms with Gasteiger partial charge in [-0.1, -0.05) is 25.0 Å². The van der Waals surface area contributed by atoms with E-state index in [4.69, 9.17) is 0 Å². The molecule has 1 N–H and O–H groups in total. The highest BCUT2D eigenvalue weighted by atomic mass is 16.6. The molecule has 5 heteroatoms. The van der Waals surface area contributed by atoms with Crippen molar-refractivity contribution in [3.63, 3.8) is 0 Å². The molecule has 0 spiro atoms. The lowest BCUT2D eigenvalue weighted by Gasteiger charge is -2.27. The molecule has 5 nitrogen and oxygen atoms in total. The van der Waals surface area contributed by atoms with E-state index in [2.05, 4.69) is 17.1 Å². The molecule has 1 heterocycles. The van der Waals surface area contributed by atoms with Gasteiger partial charge in [0.15, 0.2) is 0 Å². The molecule has 1 unspecified atom stereocenters. The van der Waals surface area contributed by atoms with Crippen LogP contribution >= 0.6 is 0 Å². The zero-order valence-electron chi connectivity index (χ0n) is 12.3. The van der Waals surface area contributed by atoms with Crippen LogP contribution in [0.15, 0.2) is 18.2 Å². The van der Waals surface area contributed by atoms with E-state index in [0.717, 1.165) is 18.7 Å². The topological polar surface area (TPSA) is 58.4 Å². The second kappa shape index (κ2) is 6.70. The Morgan fingerprint density at radius 1 is 1.40 bits per heavy atom. The molecule has 0 aromatic heterocycles. The van der Waals surface area contributed by atoms with E-state index < -0.39 is 0 Å². The molecule has 0 aliphatic carbocycles. The minimum absolute atomic E-state index is 0.160. The molecule has 0 amide bonds. The van der Waals surface area contributed by atoms with Gasteiger partial charge in [-0.25, -0.2) is 0 Å². The summed E-state index contributed by atoms with van der Waals surface area (Å²) < 4.78 is 0. The second-order valence-corrected chi connectivity index (χ2v) is 5.49. The molecule has 1 atom stereocenters. The number of hydrogen-bond acceptors (Lipinski definition) is 4. The minimum atomic E-state index is -0.318. The lowest BCUT2D eigenvalue weighted by atomic mass is 10.1. The van der Waals surface area contributed by atoms with Gasteiger partial charge >= 0.3 is 0 Å². The molecule has 1 aromatic rings. The van der Waals surface area contributed by atoms with Gasteiger partial charge in [0.1, 0.15) is 5.69 Å². The molecule has 1 fully saturated rings. The van der Waals surface area contributed by atoms with Crippen LogP contribution in [0.2, 0.25) is 0 Å². The number of hydrogen-bond donors (Lipinski definition) is 1. The SMILES string of the molecule is CNc1c(CN2CCCCCC2C)cccc1[N+](=O)[O-]. The summed E-state index contributed by atoms with van der Waals surface area (Å²) in [6.07, 6.45) is 5.00. The Morgan fingerprint density at radius 3 is 2.90 bits per heavy atom. The van der Waals surface area contributed by atoms with E-state index in [-0.39, 0.29) is 10.6 Å². The molecule has 1 aliphatic heterocycles. The molecule has 1 saturated heterocycles. The summed E-state index contributed by atoms with van der Waals surface area (Å²) in [4.78, 5) is 13.2. The number of rotatable bonds is 4. The number of anilines is 1. The first-order valence-corrected chi connectivity index (χ1v) is 7.31. The zero-order valence-corrected chi connectivity index (χ0v) is 12.3. The van der Waals surface area contributed by atoms with Crippen molar-refractivity contribution in [3.8, 4) is 0 Å². The molecular formula is C15H23N3O2. The van der Waals surface area contributed by atoms with Crippen LogP contribution < -0.4 is 5.32 Å². The normalized spacial score (nSPS) is 20.4. The monoisotopic (exact) mass is 277 g/mol.